The van der Waals surface area contributed by atoms with Crippen molar-refractivity contribution in [3.05, 3.63) is 41.3 Å². The highest BCUT2D eigenvalue weighted by Gasteiger charge is 2.13. The summed E-state index contributed by atoms with van der Waals surface area (Å²) in [5.74, 6) is 1.20. The molecule has 0 unspecified atom stereocenters. The summed E-state index contributed by atoms with van der Waals surface area (Å²) in [4.78, 5) is 19.7. The van der Waals surface area contributed by atoms with Crippen LogP contribution in [0.3, 0.4) is 0 Å². The maximum Gasteiger partial charge on any atom is 0.335 e. The predicted molar refractivity (Wildman–Crippen MR) is 83.5 cm³/mol. The van der Waals surface area contributed by atoms with Crippen LogP contribution in [0, 0.1) is 13.8 Å². The van der Waals surface area contributed by atoms with E-state index in [1.807, 2.05) is 6.92 Å². The molecule has 0 bridgehead atoms. The molecule has 118 valence electrons. The number of hydrogen-bond donors (Lipinski definition) is 2. The first-order valence-electron chi connectivity index (χ1n) is 6.87. The monoisotopic (exact) mass is 313 g/mol. The lowest BCUT2D eigenvalue weighted by atomic mass is 10.2. The zero-order valence-corrected chi connectivity index (χ0v) is 12.9. The highest BCUT2D eigenvalue weighted by atomic mass is 16.5. The van der Waals surface area contributed by atoms with Gasteiger partial charge in [-0.15, -0.1) is 5.10 Å². The number of ether oxygens (including phenoxy) is 1. The second-order valence-corrected chi connectivity index (χ2v) is 5.00. The number of aryl methyl sites for hydroxylation is 2. The molecule has 23 heavy (non-hydrogen) atoms. The normalized spacial score (nSPS) is 10.7. The third kappa shape index (κ3) is 2.78. The third-order valence-corrected chi connectivity index (χ3v) is 3.26. The molecule has 2 N–H and O–H groups in total. The van der Waals surface area contributed by atoms with Crippen LogP contribution in [0.1, 0.15) is 21.9 Å². The quantitative estimate of drug-likeness (QED) is 0.761. The standard InChI is InChI=1S/C15H15N5O3/c1-8-6-13(20-15(16-8)17-9(2)19-20)18-11-7-10(14(21)22)4-5-12(11)23-3/h4-7,18H,1-3H3,(H,21,22). The van der Waals surface area contributed by atoms with Gasteiger partial charge in [0.05, 0.1) is 18.4 Å². The summed E-state index contributed by atoms with van der Waals surface area (Å²) in [5.41, 5.74) is 1.44. The Morgan fingerprint density at radius 2 is 2.04 bits per heavy atom. The number of aromatic nitrogens is 4. The minimum atomic E-state index is -1.01. The molecular formula is C15H15N5O3. The summed E-state index contributed by atoms with van der Waals surface area (Å²) in [6, 6.07) is 6.39. The van der Waals surface area contributed by atoms with Crippen molar-refractivity contribution in [3.8, 4) is 5.75 Å². The number of rotatable bonds is 4. The summed E-state index contributed by atoms with van der Waals surface area (Å²) in [6.45, 7) is 3.62. The number of anilines is 2. The van der Waals surface area contributed by atoms with Gasteiger partial charge in [0.15, 0.2) is 0 Å². The second-order valence-electron chi connectivity index (χ2n) is 5.00. The number of fused-ring (bicyclic) bond motifs is 1. The molecule has 8 nitrogen and oxygen atoms in total. The highest BCUT2D eigenvalue weighted by Crippen LogP contribution is 2.29. The number of benzene rings is 1. The Hall–Kier alpha value is -3.16. The van der Waals surface area contributed by atoms with Crippen LogP contribution in [-0.4, -0.2) is 37.8 Å². The second kappa shape index (κ2) is 5.56. The number of nitrogens with one attached hydrogen (secondary N) is 1. The van der Waals surface area contributed by atoms with Gasteiger partial charge >= 0.3 is 5.97 Å². The largest absolute Gasteiger partial charge is 0.495 e. The first-order chi connectivity index (χ1) is 11.0. The molecule has 2 aromatic heterocycles. The van der Waals surface area contributed by atoms with Crippen LogP contribution in [0.5, 0.6) is 5.75 Å². The molecule has 8 heteroatoms. The van der Waals surface area contributed by atoms with Crippen molar-refractivity contribution < 1.29 is 14.6 Å². The predicted octanol–water partition coefficient (Wildman–Crippen LogP) is 2.19. The number of aromatic carboxylic acids is 1. The van der Waals surface area contributed by atoms with Crippen molar-refractivity contribution in [1.82, 2.24) is 19.6 Å². The Labute approximate surface area is 131 Å². The van der Waals surface area contributed by atoms with E-state index in [0.29, 0.717) is 28.9 Å². The summed E-state index contributed by atoms with van der Waals surface area (Å²) in [7, 11) is 1.52. The average molecular weight is 313 g/mol. The lowest BCUT2D eigenvalue weighted by Gasteiger charge is -2.13. The van der Waals surface area contributed by atoms with E-state index in [9.17, 15) is 4.79 Å². The van der Waals surface area contributed by atoms with Crippen LogP contribution in [0.15, 0.2) is 24.3 Å². The Morgan fingerprint density at radius 3 is 2.74 bits per heavy atom. The highest BCUT2D eigenvalue weighted by molar-refractivity contribution is 5.90. The van der Waals surface area contributed by atoms with E-state index in [2.05, 4.69) is 20.4 Å². The number of methoxy groups -OCH3 is 1. The lowest BCUT2D eigenvalue weighted by molar-refractivity contribution is 0.0697. The van der Waals surface area contributed by atoms with Gasteiger partial charge in [-0.1, -0.05) is 0 Å². The minimum Gasteiger partial charge on any atom is -0.495 e. The molecule has 0 atom stereocenters. The number of carboxylic acids is 1. The number of carbonyl (C=O) groups is 1. The van der Waals surface area contributed by atoms with Gasteiger partial charge in [0, 0.05) is 11.8 Å². The topological polar surface area (TPSA) is 102 Å². The van der Waals surface area contributed by atoms with E-state index >= 15 is 0 Å². The smallest absolute Gasteiger partial charge is 0.335 e. The summed E-state index contributed by atoms with van der Waals surface area (Å²) in [5, 5.41) is 16.6. The van der Waals surface area contributed by atoms with Crippen LogP contribution in [0.25, 0.3) is 5.78 Å². The van der Waals surface area contributed by atoms with Gasteiger partial charge in [0.2, 0.25) is 0 Å². The van der Waals surface area contributed by atoms with Gasteiger partial charge in [0.1, 0.15) is 17.4 Å². The molecular weight excluding hydrogens is 298 g/mol. The Morgan fingerprint density at radius 1 is 1.26 bits per heavy atom. The van der Waals surface area contributed by atoms with Crippen LogP contribution >= 0.6 is 0 Å². The van der Waals surface area contributed by atoms with Gasteiger partial charge in [-0.05, 0) is 32.0 Å². The van der Waals surface area contributed by atoms with E-state index < -0.39 is 5.97 Å². The molecule has 0 aliphatic rings. The number of hydrogen-bond acceptors (Lipinski definition) is 6. The van der Waals surface area contributed by atoms with Gasteiger partial charge in [-0.3, -0.25) is 0 Å². The van der Waals surface area contributed by atoms with Crippen LogP contribution < -0.4 is 10.1 Å². The van der Waals surface area contributed by atoms with E-state index in [4.69, 9.17) is 9.84 Å². The molecule has 0 aliphatic heterocycles. The van der Waals surface area contributed by atoms with Crippen LogP contribution in [-0.2, 0) is 0 Å². The fourth-order valence-corrected chi connectivity index (χ4v) is 2.25. The molecule has 1 aromatic carbocycles. The first-order valence-corrected chi connectivity index (χ1v) is 6.87. The maximum atomic E-state index is 11.2. The van der Waals surface area contributed by atoms with E-state index in [-0.39, 0.29) is 5.56 Å². The Balaban J connectivity index is 2.11. The van der Waals surface area contributed by atoms with Crippen molar-refractivity contribution in [2.75, 3.05) is 12.4 Å². The molecule has 0 aliphatic carbocycles. The molecule has 3 rings (SSSR count). The molecule has 0 fully saturated rings. The molecule has 2 heterocycles. The van der Waals surface area contributed by atoms with Gasteiger partial charge < -0.3 is 15.2 Å². The van der Waals surface area contributed by atoms with Crippen molar-refractivity contribution in [3.63, 3.8) is 0 Å². The number of nitrogens with zero attached hydrogens (tertiary/aromatic N) is 4. The van der Waals surface area contributed by atoms with E-state index in [1.165, 1.54) is 19.2 Å². The molecule has 0 saturated heterocycles. The van der Waals surface area contributed by atoms with E-state index in [0.717, 1.165) is 5.69 Å². The summed E-state index contributed by atoms with van der Waals surface area (Å²) < 4.78 is 6.85. The van der Waals surface area contributed by atoms with E-state index in [1.54, 1.807) is 23.6 Å². The van der Waals surface area contributed by atoms with Gasteiger partial charge in [-0.25, -0.2) is 9.78 Å². The fourth-order valence-electron chi connectivity index (χ4n) is 2.25. The third-order valence-electron chi connectivity index (χ3n) is 3.26. The zero-order chi connectivity index (χ0) is 16.6. The van der Waals surface area contributed by atoms with Gasteiger partial charge in [-0.2, -0.15) is 9.50 Å². The molecule has 0 amide bonds. The molecule has 0 saturated carbocycles. The molecule has 0 spiro atoms. The first kappa shape index (κ1) is 14.8. The Bertz CT molecular complexity index is 904. The Kier molecular flexibility index (Phi) is 3.57. The van der Waals surface area contributed by atoms with Crippen LogP contribution in [0.2, 0.25) is 0 Å². The molecule has 3 aromatic rings. The average Bonchev–Trinajstić information content (AvgIpc) is 2.87. The lowest BCUT2D eigenvalue weighted by Crippen LogP contribution is -2.05. The van der Waals surface area contributed by atoms with Crippen molar-refractivity contribution in [2.45, 2.75) is 13.8 Å². The van der Waals surface area contributed by atoms with Gasteiger partial charge in [0.25, 0.3) is 5.78 Å². The fraction of sp³-hybridized carbons (Fsp3) is 0.200. The van der Waals surface area contributed by atoms with Crippen molar-refractivity contribution in [1.29, 1.82) is 0 Å². The minimum absolute atomic E-state index is 0.157. The summed E-state index contributed by atoms with van der Waals surface area (Å²) >= 11 is 0. The molecule has 0 radical (unpaired) electrons. The van der Waals surface area contributed by atoms with Crippen LogP contribution in [0.4, 0.5) is 11.5 Å². The van der Waals surface area contributed by atoms with Crippen molar-refractivity contribution >= 4 is 23.3 Å². The maximum absolute atomic E-state index is 11.2. The number of carboxylic acid groups (broad SMARTS) is 1. The van der Waals surface area contributed by atoms with Crippen molar-refractivity contribution in [2.24, 2.45) is 0 Å². The SMILES string of the molecule is COc1ccc(C(=O)O)cc1Nc1cc(C)nc2nc(C)nn12. The summed E-state index contributed by atoms with van der Waals surface area (Å²) in [6.07, 6.45) is 0. The zero-order valence-electron chi connectivity index (χ0n) is 12.9.